The highest BCUT2D eigenvalue weighted by Crippen LogP contribution is 2.44. The van der Waals surface area contributed by atoms with Crippen LogP contribution in [0.5, 0.6) is 5.75 Å². The highest BCUT2D eigenvalue weighted by molar-refractivity contribution is 7.26. The van der Waals surface area contributed by atoms with E-state index in [-0.39, 0.29) is 16.7 Å². The SMILES string of the molecule is O=C(NCCCOc1ccc2c(sc3ccccc32)c1-c1ccc([N+](=O)[O-])cn1)c1cccnc1Cl. The standard InChI is InChI=1S/C26H19ClN4O4S/c27-25-19(6-3-12-28-25)26(32)29-13-4-14-35-21-11-9-18-17-5-1-2-7-22(17)36-24(18)23(21)20-10-8-16(15-30-20)31(33)34/h1-3,5-12,15H,4,13-14H2,(H,29,32). The summed E-state index contributed by atoms with van der Waals surface area (Å²) in [5.74, 6) is 0.326. The maximum atomic E-state index is 12.3. The van der Waals surface area contributed by atoms with E-state index >= 15 is 0 Å². The first kappa shape index (κ1) is 23.7. The van der Waals surface area contributed by atoms with Gasteiger partial charge in [-0.1, -0.05) is 29.8 Å². The Labute approximate surface area is 214 Å². The number of carbonyl (C=O) groups excluding carboxylic acids is 1. The minimum absolute atomic E-state index is 0.0748. The third-order valence-corrected chi connectivity index (χ3v) is 7.10. The summed E-state index contributed by atoms with van der Waals surface area (Å²) in [4.78, 5) is 31.2. The van der Waals surface area contributed by atoms with Gasteiger partial charge in [-0.2, -0.15) is 0 Å². The van der Waals surface area contributed by atoms with Gasteiger partial charge < -0.3 is 10.1 Å². The summed E-state index contributed by atoms with van der Waals surface area (Å²) in [6.45, 7) is 0.734. The fraction of sp³-hybridized carbons (Fsp3) is 0.115. The quantitative estimate of drug-likeness (QED) is 0.112. The van der Waals surface area contributed by atoms with E-state index in [1.54, 1.807) is 29.5 Å². The van der Waals surface area contributed by atoms with Crippen molar-refractivity contribution in [1.29, 1.82) is 0 Å². The van der Waals surface area contributed by atoms with Crippen molar-refractivity contribution < 1.29 is 14.5 Å². The third kappa shape index (κ3) is 4.71. The van der Waals surface area contributed by atoms with Crippen molar-refractivity contribution in [2.75, 3.05) is 13.2 Å². The first-order chi connectivity index (χ1) is 17.5. The lowest BCUT2D eigenvalue weighted by molar-refractivity contribution is -0.385. The highest BCUT2D eigenvalue weighted by Gasteiger charge is 2.18. The molecular formula is C26H19ClN4O4S. The van der Waals surface area contributed by atoms with E-state index < -0.39 is 4.92 Å². The number of nitrogens with one attached hydrogen (secondary N) is 1. The number of halogens is 1. The number of aromatic nitrogens is 2. The molecule has 0 fully saturated rings. The lowest BCUT2D eigenvalue weighted by Crippen LogP contribution is -2.26. The molecule has 0 unspecified atom stereocenters. The fourth-order valence-electron chi connectivity index (χ4n) is 3.88. The van der Waals surface area contributed by atoms with E-state index in [1.165, 1.54) is 18.5 Å². The van der Waals surface area contributed by atoms with Gasteiger partial charge >= 0.3 is 0 Å². The molecule has 0 atom stereocenters. The first-order valence-electron chi connectivity index (χ1n) is 11.1. The normalized spacial score (nSPS) is 11.0. The Balaban J connectivity index is 1.38. The number of ether oxygens (including phenoxy) is 1. The van der Waals surface area contributed by atoms with Crippen molar-refractivity contribution in [3.63, 3.8) is 0 Å². The summed E-state index contributed by atoms with van der Waals surface area (Å²) in [6.07, 6.45) is 3.34. The molecule has 0 saturated carbocycles. The molecule has 8 nitrogen and oxygen atoms in total. The van der Waals surface area contributed by atoms with E-state index in [2.05, 4.69) is 27.4 Å². The van der Waals surface area contributed by atoms with Gasteiger partial charge in [0.15, 0.2) is 0 Å². The number of nitrogens with zero attached hydrogens (tertiary/aromatic N) is 3. The Bertz CT molecular complexity index is 1590. The van der Waals surface area contributed by atoms with Crippen LogP contribution in [0.4, 0.5) is 5.69 Å². The second kappa shape index (κ2) is 10.3. The fourth-order valence-corrected chi connectivity index (χ4v) is 5.34. The molecule has 0 saturated heterocycles. The summed E-state index contributed by atoms with van der Waals surface area (Å²) >= 11 is 7.61. The monoisotopic (exact) mass is 518 g/mol. The number of pyridine rings is 2. The van der Waals surface area contributed by atoms with Gasteiger partial charge in [-0.05, 0) is 42.8 Å². The average molecular weight is 519 g/mol. The second-order valence-electron chi connectivity index (χ2n) is 7.87. The second-order valence-corrected chi connectivity index (χ2v) is 9.28. The molecule has 0 aliphatic heterocycles. The van der Waals surface area contributed by atoms with Gasteiger partial charge in [0, 0.05) is 39.0 Å². The number of hydrogen-bond acceptors (Lipinski definition) is 7. The number of nitro groups is 1. The van der Waals surface area contributed by atoms with Crippen LogP contribution in [-0.2, 0) is 0 Å². The predicted octanol–water partition coefficient (Wildman–Crippen LogP) is 6.27. The number of hydrogen-bond donors (Lipinski definition) is 1. The van der Waals surface area contributed by atoms with Crippen LogP contribution in [0.25, 0.3) is 31.4 Å². The molecule has 0 aliphatic rings. The van der Waals surface area contributed by atoms with E-state index in [9.17, 15) is 14.9 Å². The van der Waals surface area contributed by atoms with Gasteiger partial charge in [-0.3, -0.25) is 14.9 Å². The first-order valence-corrected chi connectivity index (χ1v) is 12.3. The molecule has 3 aromatic heterocycles. The van der Waals surface area contributed by atoms with Crippen molar-refractivity contribution in [1.82, 2.24) is 15.3 Å². The Morgan fingerprint density at radius 1 is 1.06 bits per heavy atom. The Kier molecular flexibility index (Phi) is 6.75. The Morgan fingerprint density at radius 3 is 2.69 bits per heavy atom. The molecule has 180 valence electrons. The van der Waals surface area contributed by atoms with Gasteiger partial charge in [0.1, 0.15) is 17.1 Å². The number of carbonyl (C=O) groups is 1. The summed E-state index contributed by atoms with van der Waals surface area (Å²) in [5, 5.41) is 16.3. The molecule has 5 rings (SSSR count). The molecule has 0 aliphatic carbocycles. The lowest BCUT2D eigenvalue weighted by atomic mass is 10.0. The van der Waals surface area contributed by atoms with Crippen LogP contribution < -0.4 is 10.1 Å². The number of fused-ring (bicyclic) bond motifs is 3. The summed E-state index contributed by atoms with van der Waals surface area (Å²) in [7, 11) is 0. The molecule has 1 N–H and O–H groups in total. The van der Waals surface area contributed by atoms with Crippen molar-refractivity contribution >= 4 is 54.7 Å². The van der Waals surface area contributed by atoms with Crippen molar-refractivity contribution in [3.05, 3.63) is 93.9 Å². The summed E-state index contributed by atoms with van der Waals surface area (Å²) in [6, 6.07) is 18.4. The Morgan fingerprint density at radius 2 is 1.92 bits per heavy atom. The van der Waals surface area contributed by atoms with Gasteiger partial charge in [0.05, 0.1) is 28.4 Å². The number of rotatable bonds is 8. The van der Waals surface area contributed by atoms with Crippen LogP contribution in [-0.4, -0.2) is 34.0 Å². The topological polar surface area (TPSA) is 107 Å². The molecule has 0 bridgehead atoms. The van der Waals surface area contributed by atoms with Crippen molar-refractivity contribution in [2.24, 2.45) is 0 Å². The van der Waals surface area contributed by atoms with Crippen LogP contribution >= 0.6 is 22.9 Å². The largest absolute Gasteiger partial charge is 0.493 e. The molecule has 5 aromatic rings. The number of amides is 1. The van der Waals surface area contributed by atoms with E-state index in [0.717, 1.165) is 25.7 Å². The van der Waals surface area contributed by atoms with Crippen LogP contribution in [0.1, 0.15) is 16.8 Å². The van der Waals surface area contributed by atoms with Crippen LogP contribution in [0.2, 0.25) is 5.15 Å². The maximum absolute atomic E-state index is 12.3. The lowest BCUT2D eigenvalue weighted by Gasteiger charge is -2.13. The van der Waals surface area contributed by atoms with Crippen LogP contribution in [0.15, 0.2) is 73.1 Å². The molecule has 0 radical (unpaired) electrons. The molecule has 10 heteroatoms. The highest BCUT2D eigenvalue weighted by atomic mass is 35.5. The van der Waals surface area contributed by atoms with E-state index in [4.69, 9.17) is 16.3 Å². The zero-order chi connectivity index (χ0) is 25.1. The third-order valence-electron chi connectivity index (χ3n) is 5.59. The zero-order valence-corrected chi connectivity index (χ0v) is 20.4. The molecule has 36 heavy (non-hydrogen) atoms. The van der Waals surface area contributed by atoms with Crippen LogP contribution in [0, 0.1) is 10.1 Å². The van der Waals surface area contributed by atoms with Crippen LogP contribution in [0.3, 0.4) is 0 Å². The molecule has 2 aromatic carbocycles. The molecular weight excluding hydrogens is 500 g/mol. The van der Waals surface area contributed by atoms with Crippen molar-refractivity contribution in [3.8, 4) is 17.0 Å². The molecule has 3 heterocycles. The van der Waals surface area contributed by atoms with E-state index in [0.29, 0.717) is 36.6 Å². The number of benzene rings is 2. The molecule has 1 amide bonds. The van der Waals surface area contributed by atoms with Gasteiger partial charge in [0.25, 0.3) is 11.6 Å². The summed E-state index contributed by atoms with van der Waals surface area (Å²) < 4.78 is 8.25. The number of thiophene rings is 1. The van der Waals surface area contributed by atoms with Crippen molar-refractivity contribution in [2.45, 2.75) is 6.42 Å². The minimum Gasteiger partial charge on any atom is -0.493 e. The maximum Gasteiger partial charge on any atom is 0.287 e. The molecule has 0 spiro atoms. The van der Waals surface area contributed by atoms with Gasteiger partial charge in [0.2, 0.25) is 0 Å². The predicted molar refractivity (Wildman–Crippen MR) is 141 cm³/mol. The van der Waals surface area contributed by atoms with Gasteiger partial charge in [-0.15, -0.1) is 11.3 Å². The summed E-state index contributed by atoms with van der Waals surface area (Å²) in [5.41, 5.74) is 1.62. The zero-order valence-electron chi connectivity index (χ0n) is 18.8. The van der Waals surface area contributed by atoms with Gasteiger partial charge in [-0.25, -0.2) is 9.97 Å². The van der Waals surface area contributed by atoms with E-state index in [1.807, 2.05) is 24.3 Å². The minimum atomic E-state index is -0.471. The Hall–Kier alpha value is -4.08. The smallest absolute Gasteiger partial charge is 0.287 e. The average Bonchev–Trinajstić information content (AvgIpc) is 3.27.